The SMILES string of the molecule is C=C(C=CF)CC(C)C(=O)O. The minimum Gasteiger partial charge on any atom is -0.481 e. The van der Waals surface area contributed by atoms with Crippen LogP contribution in [0.1, 0.15) is 13.3 Å². The topological polar surface area (TPSA) is 37.3 Å². The Morgan fingerprint density at radius 1 is 1.82 bits per heavy atom. The molecule has 3 heteroatoms. The maximum Gasteiger partial charge on any atom is 0.306 e. The first-order chi connectivity index (χ1) is 5.07. The van der Waals surface area contributed by atoms with Crippen LogP contribution in [0.25, 0.3) is 0 Å². The number of carboxylic acid groups (broad SMARTS) is 1. The van der Waals surface area contributed by atoms with Crippen molar-refractivity contribution in [2.75, 3.05) is 0 Å². The molecule has 0 aliphatic carbocycles. The van der Waals surface area contributed by atoms with Gasteiger partial charge in [0.2, 0.25) is 0 Å². The van der Waals surface area contributed by atoms with Gasteiger partial charge in [0.25, 0.3) is 0 Å². The molecule has 62 valence electrons. The number of halogens is 1. The summed E-state index contributed by atoms with van der Waals surface area (Å²) in [6.07, 6.45) is 1.81. The molecular formula is C8H11FO2. The summed E-state index contributed by atoms with van der Waals surface area (Å²) in [6, 6.07) is 0. The lowest BCUT2D eigenvalue weighted by atomic mass is 10.0. The van der Waals surface area contributed by atoms with Crippen molar-refractivity contribution in [3.8, 4) is 0 Å². The maximum absolute atomic E-state index is 11.5. The Labute approximate surface area is 65.0 Å². The third-order valence-electron chi connectivity index (χ3n) is 1.29. The summed E-state index contributed by atoms with van der Waals surface area (Å²) in [5.74, 6) is -1.39. The molecule has 0 aliphatic rings. The van der Waals surface area contributed by atoms with Crippen molar-refractivity contribution in [3.05, 3.63) is 24.6 Å². The molecule has 1 N–H and O–H groups in total. The Morgan fingerprint density at radius 2 is 2.36 bits per heavy atom. The lowest BCUT2D eigenvalue weighted by molar-refractivity contribution is -0.141. The molecule has 0 radical (unpaired) electrons. The maximum atomic E-state index is 11.5. The predicted octanol–water partition coefficient (Wildman–Crippen LogP) is 2.14. The van der Waals surface area contributed by atoms with Crippen LogP contribution in [0.2, 0.25) is 0 Å². The summed E-state index contributed by atoms with van der Waals surface area (Å²) in [5.41, 5.74) is 0.488. The van der Waals surface area contributed by atoms with Gasteiger partial charge in [-0.25, -0.2) is 4.39 Å². The molecule has 0 aromatic heterocycles. The van der Waals surface area contributed by atoms with Gasteiger partial charge in [-0.2, -0.15) is 0 Å². The molecule has 0 amide bonds. The van der Waals surface area contributed by atoms with Gasteiger partial charge in [-0.15, -0.1) is 0 Å². The second-order valence-corrected chi connectivity index (χ2v) is 2.39. The number of hydrogen-bond acceptors (Lipinski definition) is 1. The summed E-state index contributed by atoms with van der Waals surface area (Å²) in [4.78, 5) is 10.3. The van der Waals surface area contributed by atoms with Crippen molar-refractivity contribution in [2.24, 2.45) is 5.92 Å². The van der Waals surface area contributed by atoms with Crippen LogP contribution >= 0.6 is 0 Å². The molecule has 0 spiro atoms. The summed E-state index contributed by atoms with van der Waals surface area (Å²) >= 11 is 0. The third kappa shape index (κ3) is 4.31. The zero-order valence-corrected chi connectivity index (χ0v) is 6.38. The van der Waals surface area contributed by atoms with Gasteiger partial charge in [0, 0.05) is 0 Å². The highest BCUT2D eigenvalue weighted by Gasteiger charge is 2.10. The molecule has 1 atom stereocenters. The summed E-state index contributed by atoms with van der Waals surface area (Å²) < 4.78 is 11.5. The first-order valence-corrected chi connectivity index (χ1v) is 3.25. The Morgan fingerprint density at radius 3 is 2.73 bits per heavy atom. The number of allylic oxidation sites excluding steroid dienone is 2. The van der Waals surface area contributed by atoms with E-state index in [-0.39, 0.29) is 6.42 Å². The molecule has 0 fully saturated rings. The van der Waals surface area contributed by atoms with Crippen LogP contribution in [0, 0.1) is 5.92 Å². The molecular weight excluding hydrogens is 147 g/mol. The van der Waals surface area contributed by atoms with Gasteiger partial charge >= 0.3 is 5.97 Å². The van der Waals surface area contributed by atoms with Gasteiger partial charge in [0.15, 0.2) is 0 Å². The number of hydrogen-bond donors (Lipinski definition) is 1. The van der Waals surface area contributed by atoms with Crippen LogP contribution in [0.15, 0.2) is 24.6 Å². The highest BCUT2D eigenvalue weighted by molar-refractivity contribution is 5.69. The molecule has 0 heterocycles. The molecule has 0 aliphatic heterocycles. The zero-order valence-electron chi connectivity index (χ0n) is 6.38. The van der Waals surface area contributed by atoms with E-state index in [1.165, 1.54) is 6.08 Å². The van der Waals surface area contributed by atoms with Crippen LogP contribution in [-0.2, 0) is 4.79 Å². The first-order valence-electron chi connectivity index (χ1n) is 3.25. The Bertz CT molecular complexity index is 185. The van der Waals surface area contributed by atoms with Crippen molar-refractivity contribution < 1.29 is 14.3 Å². The molecule has 1 unspecified atom stereocenters. The van der Waals surface area contributed by atoms with E-state index in [9.17, 15) is 9.18 Å². The summed E-state index contributed by atoms with van der Waals surface area (Å²) in [5, 5.41) is 8.44. The lowest BCUT2D eigenvalue weighted by Crippen LogP contribution is -2.09. The van der Waals surface area contributed by atoms with Crippen LogP contribution in [0.3, 0.4) is 0 Å². The van der Waals surface area contributed by atoms with E-state index in [1.54, 1.807) is 6.92 Å². The number of carboxylic acids is 1. The number of rotatable bonds is 4. The molecule has 0 saturated heterocycles. The minimum absolute atomic E-state index is 0.287. The van der Waals surface area contributed by atoms with Crippen LogP contribution in [0.5, 0.6) is 0 Å². The van der Waals surface area contributed by atoms with E-state index in [0.29, 0.717) is 11.9 Å². The summed E-state index contributed by atoms with van der Waals surface area (Å²) in [7, 11) is 0. The van der Waals surface area contributed by atoms with E-state index in [0.717, 1.165) is 0 Å². The highest BCUT2D eigenvalue weighted by atomic mass is 19.1. The van der Waals surface area contributed by atoms with E-state index in [2.05, 4.69) is 6.58 Å². The van der Waals surface area contributed by atoms with Gasteiger partial charge in [-0.1, -0.05) is 19.1 Å². The molecule has 11 heavy (non-hydrogen) atoms. The smallest absolute Gasteiger partial charge is 0.306 e. The lowest BCUT2D eigenvalue weighted by Gasteiger charge is -2.03. The average molecular weight is 158 g/mol. The molecule has 0 aromatic rings. The van der Waals surface area contributed by atoms with Crippen LogP contribution in [-0.4, -0.2) is 11.1 Å². The minimum atomic E-state index is -0.890. The molecule has 0 bridgehead atoms. The van der Waals surface area contributed by atoms with Gasteiger partial charge in [-0.05, 0) is 12.5 Å². The van der Waals surface area contributed by atoms with E-state index < -0.39 is 11.9 Å². The monoisotopic (exact) mass is 158 g/mol. The van der Waals surface area contributed by atoms with Gasteiger partial charge in [0.1, 0.15) is 0 Å². The second-order valence-electron chi connectivity index (χ2n) is 2.39. The van der Waals surface area contributed by atoms with Crippen molar-refractivity contribution >= 4 is 5.97 Å². The van der Waals surface area contributed by atoms with E-state index in [4.69, 9.17) is 5.11 Å². The average Bonchev–Trinajstić information content (AvgIpc) is 1.87. The Balaban J connectivity index is 3.85. The van der Waals surface area contributed by atoms with Crippen LogP contribution in [0.4, 0.5) is 4.39 Å². The largest absolute Gasteiger partial charge is 0.481 e. The van der Waals surface area contributed by atoms with Crippen LogP contribution < -0.4 is 0 Å². The fourth-order valence-corrected chi connectivity index (χ4v) is 0.638. The van der Waals surface area contributed by atoms with Crippen molar-refractivity contribution in [2.45, 2.75) is 13.3 Å². The highest BCUT2D eigenvalue weighted by Crippen LogP contribution is 2.10. The van der Waals surface area contributed by atoms with Crippen molar-refractivity contribution in [3.63, 3.8) is 0 Å². The molecule has 2 nitrogen and oxygen atoms in total. The molecule has 0 rings (SSSR count). The number of aliphatic carboxylic acids is 1. The van der Waals surface area contributed by atoms with Gasteiger partial charge < -0.3 is 5.11 Å². The number of carbonyl (C=O) groups is 1. The van der Waals surface area contributed by atoms with Crippen molar-refractivity contribution in [1.82, 2.24) is 0 Å². The van der Waals surface area contributed by atoms with Gasteiger partial charge in [0.05, 0.1) is 12.2 Å². The Hall–Kier alpha value is -1.12. The second kappa shape index (κ2) is 4.66. The van der Waals surface area contributed by atoms with E-state index in [1.807, 2.05) is 0 Å². The van der Waals surface area contributed by atoms with Gasteiger partial charge in [-0.3, -0.25) is 4.79 Å². The fraction of sp³-hybridized carbons (Fsp3) is 0.375. The quantitative estimate of drug-likeness (QED) is 0.636. The standard InChI is InChI=1S/C8H11FO2/c1-6(3-4-9)5-7(2)8(10)11/h3-4,7H,1,5H2,2H3,(H,10,11). The normalized spacial score (nSPS) is 13.3. The van der Waals surface area contributed by atoms with Crippen molar-refractivity contribution in [1.29, 1.82) is 0 Å². The zero-order chi connectivity index (χ0) is 8.85. The summed E-state index contributed by atoms with van der Waals surface area (Å²) in [6.45, 7) is 5.03. The first kappa shape index (κ1) is 9.88. The molecule has 0 aromatic carbocycles. The Kier molecular flexibility index (Phi) is 4.18. The molecule has 0 saturated carbocycles. The van der Waals surface area contributed by atoms with E-state index >= 15 is 0 Å². The predicted molar refractivity (Wildman–Crippen MR) is 40.8 cm³/mol. The fourth-order valence-electron chi connectivity index (χ4n) is 0.638. The third-order valence-corrected chi connectivity index (χ3v) is 1.29.